The molecule has 6 aliphatic rings. The lowest BCUT2D eigenvalue weighted by Gasteiger charge is -2.58. The predicted octanol–water partition coefficient (Wildman–Crippen LogP) is 8.70. The van der Waals surface area contributed by atoms with Gasteiger partial charge in [-0.2, -0.15) is 5.10 Å². The van der Waals surface area contributed by atoms with E-state index in [2.05, 4.69) is 25.5 Å². The molecule has 5 amide bonds. The molecule has 2 aliphatic carbocycles. The van der Waals surface area contributed by atoms with Gasteiger partial charge in [0.1, 0.15) is 29.5 Å². The van der Waals surface area contributed by atoms with Gasteiger partial charge in [0.15, 0.2) is 28.8 Å². The van der Waals surface area contributed by atoms with Gasteiger partial charge in [0.05, 0.1) is 22.6 Å². The second-order valence-electron chi connectivity index (χ2n) is 21.9. The zero-order chi connectivity index (χ0) is 54.1. The number of nitrogens with two attached hydrogens (primary N) is 1. The molecule has 11 rings (SSSR count). The van der Waals surface area contributed by atoms with E-state index >= 15 is 17.6 Å². The van der Waals surface area contributed by atoms with Crippen LogP contribution in [0.3, 0.4) is 0 Å². The number of aromatic nitrogens is 2. The summed E-state index contributed by atoms with van der Waals surface area (Å²) in [6.45, 7) is 3.59. The average Bonchev–Trinajstić information content (AvgIpc) is 4.06. The quantitative estimate of drug-likeness (QED) is 0.0832. The number of aliphatic hydroxyl groups excluding tert-OH is 1. The van der Waals surface area contributed by atoms with Crippen molar-refractivity contribution in [1.29, 1.82) is 0 Å². The van der Waals surface area contributed by atoms with Crippen LogP contribution < -0.4 is 30.7 Å². The second kappa shape index (κ2) is 20.8. The Balaban J connectivity index is 0.741. The lowest BCUT2D eigenvalue weighted by atomic mass is 9.67. The molecule has 1 spiro atoms. The standard InChI is InChI=1S/C57H63ClF4N8O7/c1-31-44-42(28-40(60)48(58)47(44)46-37(52(63)73)13-14-41(49(46)61)76-26-25-71)77-57(31,34-7-4-3-5-8-34)30-64-35-11-9-33(10-12-35)54(74)70-24-17-36(29-56(70)19-6-20-56)68-21-15-32(16-22-68)45-39(59)27-38-51(50(45)62)67(2)66-53(38)69-23-18-43(72)65-55(69)75/h3-5,7-8,13-14,27-28,31-33,35-36,64,71H,6,9-12,15-26,29-30H2,1-2H3,(H2,63,73)(H,65,72,75). The number of ether oxygens (including phenoxy) is 2. The van der Waals surface area contributed by atoms with Crippen molar-refractivity contribution in [2.24, 2.45) is 18.7 Å². The fourth-order valence-corrected chi connectivity index (χ4v) is 13.9. The normalized spacial score (nSPS) is 24.7. The molecular formula is C57H63ClF4N8O7. The molecule has 0 bridgehead atoms. The molecule has 2 saturated carbocycles. The summed E-state index contributed by atoms with van der Waals surface area (Å²) in [6.07, 6.45) is 8.65. The molecule has 1 aromatic heterocycles. The fraction of sp³-hybridized carbons (Fsp3) is 0.491. The topological polar surface area (TPSA) is 185 Å². The fourth-order valence-electron chi connectivity index (χ4n) is 13.7. The van der Waals surface area contributed by atoms with E-state index in [0.717, 1.165) is 50.5 Å². The van der Waals surface area contributed by atoms with Crippen molar-refractivity contribution < 1.29 is 51.3 Å². The molecule has 5 N–H and O–H groups in total. The van der Waals surface area contributed by atoms with E-state index < -0.39 is 64.3 Å². The first-order valence-electron chi connectivity index (χ1n) is 26.9. The lowest BCUT2D eigenvalue weighted by Crippen LogP contribution is -2.64. The molecule has 408 valence electrons. The smallest absolute Gasteiger partial charge is 0.329 e. The number of fused-ring (bicyclic) bond motifs is 2. The summed E-state index contributed by atoms with van der Waals surface area (Å²) in [5, 5.41) is 19.5. The Hall–Kier alpha value is -6.28. The van der Waals surface area contributed by atoms with Gasteiger partial charge in [-0.25, -0.2) is 22.4 Å². The third-order valence-electron chi connectivity index (χ3n) is 17.8. The van der Waals surface area contributed by atoms with Gasteiger partial charge < -0.3 is 35.4 Å². The summed E-state index contributed by atoms with van der Waals surface area (Å²) in [5.41, 5.74) is 5.12. The number of urea groups is 1. The van der Waals surface area contributed by atoms with Crippen LogP contribution in [0.15, 0.2) is 54.6 Å². The molecule has 0 radical (unpaired) electrons. The number of hydrogen-bond donors (Lipinski definition) is 4. The second-order valence-corrected chi connectivity index (χ2v) is 22.3. The Morgan fingerprint density at radius 2 is 1.66 bits per heavy atom. The molecule has 3 atom stereocenters. The number of carbonyl (C=O) groups is 4. The first-order valence-corrected chi connectivity index (χ1v) is 27.3. The minimum atomic E-state index is -1.14. The summed E-state index contributed by atoms with van der Waals surface area (Å²) < 4.78 is 78.6. The summed E-state index contributed by atoms with van der Waals surface area (Å²) in [7, 11) is 1.56. The van der Waals surface area contributed by atoms with Crippen molar-refractivity contribution in [2.45, 2.75) is 119 Å². The molecule has 3 unspecified atom stereocenters. The maximum atomic E-state index is 16.5. The third-order valence-corrected chi connectivity index (χ3v) is 18.2. The van der Waals surface area contributed by atoms with Crippen LogP contribution in [0.1, 0.15) is 123 Å². The average molecular weight is 1080 g/mol. The van der Waals surface area contributed by atoms with Crippen LogP contribution in [0.5, 0.6) is 11.5 Å². The molecule has 4 aliphatic heterocycles. The molecule has 4 aromatic carbocycles. The predicted molar refractivity (Wildman–Crippen MR) is 280 cm³/mol. The minimum Gasteiger partial charge on any atom is -0.488 e. The number of amides is 5. The number of primary amides is 1. The first kappa shape index (κ1) is 52.8. The lowest BCUT2D eigenvalue weighted by molar-refractivity contribution is -0.154. The minimum absolute atomic E-state index is 0.0193. The van der Waals surface area contributed by atoms with Crippen LogP contribution in [0.4, 0.5) is 28.2 Å². The molecule has 5 aromatic rings. The molecule has 20 heteroatoms. The van der Waals surface area contributed by atoms with Crippen molar-refractivity contribution in [1.82, 2.24) is 30.2 Å². The number of aryl methyl sites for hydroxylation is 1. The number of imide groups is 1. The zero-order valence-corrected chi connectivity index (χ0v) is 43.9. The van der Waals surface area contributed by atoms with Crippen LogP contribution in [0.2, 0.25) is 5.02 Å². The third kappa shape index (κ3) is 9.17. The van der Waals surface area contributed by atoms with Crippen LogP contribution in [-0.2, 0) is 22.2 Å². The van der Waals surface area contributed by atoms with E-state index in [0.29, 0.717) is 50.9 Å². The summed E-state index contributed by atoms with van der Waals surface area (Å²) >= 11 is 6.74. The molecular weight excluding hydrogens is 1020 g/mol. The number of nitrogens with zero attached hydrogens (tertiary/aromatic N) is 5. The van der Waals surface area contributed by atoms with Gasteiger partial charge in [0.25, 0.3) is 0 Å². The molecule has 5 fully saturated rings. The maximum absolute atomic E-state index is 16.5. The number of carbonyl (C=O) groups excluding carboxylic acids is 4. The Kier molecular flexibility index (Phi) is 14.3. The van der Waals surface area contributed by atoms with Crippen LogP contribution >= 0.6 is 11.6 Å². The van der Waals surface area contributed by atoms with E-state index in [-0.39, 0.29) is 112 Å². The van der Waals surface area contributed by atoms with E-state index in [1.54, 1.807) is 7.05 Å². The number of rotatable bonds is 13. The largest absolute Gasteiger partial charge is 0.488 e. The van der Waals surface area contributed by atoms with Crippen LogP contribution in [-0.4, -0.2) is 112 Å². The summed E-state index contributed by atoms with van der Waals surface area (Å²) in [5.74, 6) is -5.48. The van der Waals surface area contributed by atoms with Crippen molar-refractivity contribution >= 4 is 52.1 Å². The van der Waals surface area contributed by atoms with Crippen molar-refractivity contribution in [3.05, 3.63) is 105 Å². The Labute approximate surface area is 448 Å². The zero-order valence-electron chi connectivity index (χ0n) is 43.1. The molecule has 77 heavy (non-hydrogen) atoms. The maximum Gasteiger partial charge on any atom is 0.329 e. The number of likely N-dealkylation sites (tertiary alicyclic amines) is 2. The molecule has 15 nitrogen and oxygen atoms in total. The summed E-state index contributed by atoms with van der Waals surface area (Å²) in [6, 6.07) is 14.1. The van der Waals surface area contributed by atoms with Gasteiger partial charge >= 0.3 is 6.03 Å². The highest BCUT2D eigenvalue weighted by atomic mass is 35.5. The summed E-state index contributed by atoms with van der Waals surface area (Å²) in [4.78, 5) is 57.7. The van der Waals surface area contributed by atoms with Crippen molar-refractivity contribution in [3.63, 3.8) is 0 Å². The van der Waals surface area contributed by atoms with Crippen molar-refractivity contribution in [2.75, 3.05) is 50.8 Å². The van der Waals surface area contributed by atoms with E-state index in [9.17, 15) is 24.3 Å². The number of benzene rings is 4. The highest BCUT2D eigenvalue weighted by Gasteiger charge is 2.53. The molecule has 3 saturated heterocycles. The van der Waals surface area contributed by atoms with Crippen LogP contribution in [0.25, 0.3) is 22.0 Å². The monoisotopic (exact) mass is 1080 g/mol. The van der Waals surface area contributed by atoms with Gasteiger partial charge in [-0.1, -0.05) is 48.9 Å². The van der Waals surface area contributed by atoms with Gasteiger partial charge in [-0.15, -0.1) is 0 Å². The Morgan fingerprint density at radius 1 is 0.922 bits per heavy atom. The van der Waals surface area contributed by atoms with E-state index in [1.165, 1.54) is 33.8 Å². The SMILES string of the molecule is CC1c2c(cc(F)c(Cl)c2-c2c(C(N)=O)ccc(OCCO)c2F)OC1(CNC1CCC(C(=O)N2CCC(N3CCC(c4c(F)cc5c(N6CCC(=O)NC6=O)nn(C)c5c4F)CC3)CC23CCC3)CC1)c1ccccc1. The van der Waals surface area contributed by atoms with E-state index in [4.69, 9.17) is 26.8 Å². The van der Waals surface area contributed by atoms with Crippen LogP contribution in [0, 0.1) is 29.2 Å². The van der Waals surface area contributed by atoms with Gasteiger partial charge in [0, 0.05) is 90.9 Å². The van der Waals surface area contributed by atoms with Gasteiger partial charge in [0.2, 0.25) is 17.7 Å². The Morgan fingerprint density at radius 3 is 2.34 bits per heavy atom. The number of nitrogens with one attached hydrogen (secondary N) is 2. The highest BCUT2D eigenvalue weighted by molar-refractivity contribution is 6.34. The number of halogens is 5. The van der Waals surface area contributed by atoms with Gasteiger partial charge in [-0.3, -0.25) is 29.3 Å². The Bertz CT molecular complexity index is 3160. The highest BCUT2D eigenvalue weighted by Crippen LogP contribution is 2.57. The number of hydrogen-bond acceptors (Lipinski definition) is 10. The number of anilines is 1. The van der Waals surface area contributed by atoms with Crippen molar-refractivity contribution in [3.8, 4) is 22.6 Å². The number of piperidine rings is 2. The van der Waals surface area contributed by atoms with Gasteiger partial charge in [-0.05, 0) is 113 Å². The van der Waals surface area contributed by atoms with E-state index in [1.807, 2.05) is 37.3 Å². The number of aliphatic hydroxyl groups is 1. The molecule has 5 heterocycles. The first-order chi connectivity index (χ1) is 37.0.